The van der Waals surface area contributed by atoms with Crippen LogP contribution in [-0.4, -0.2) is 55.0 Å². The molecule has 2 heterocycles. The van der Waals surface area contributed by atoms with Crippen LogP contribution in [0.4, 0.5) is 5.69 Å². The Morgan fingerprint density at radius 2 is 1.82 bits per heavy atom. The van der Waals surface area contributed by atoms with Crippen LogP contribution < -0.4 is 10.1 Å². The average Bonchev–Trinajstić information content (AvgIpc) is 3.13. The minimum absolute atomic E-state index is 0.0590. The number of anilines is 1. The molecule has 2 aromatic carbocycles. The third-order valence-electron chi connectivity index (χ3n) is 5.20. The van der Waals surface area contributed by atoms with E-state index in [0.717, 1.165) is 51.5 Å². The van der Waals surface area contributed by atoms with E-state index in [2.05, 4.69) is 33.3 Å². The highest BCUT2D eigenvalue weighted by Gasteiger charge is 2.20. The number of halogens is 2. The van der Waals surface area contributed by atoms with Crippen LogP contribution in [0.2, 0.25) is 10.0 Å². The van der Waals surface area contributed by atoms with Crippen molar-refractivity contribution in [2.24, 2.45) is 0 Å². The Kier molecular flexibility index (Phi) is 6.07. The molecule has 2 aliphatic rings. The molecular formula is C21H23Cl2N3O2. The molecule has 4 rings (SSSR count). The highest BCUT2D eigenvalue weighted by atomic mass is 35.5. The molecule has 0 bridgehead atoms. The van der Waals surface area contributed by atoms with Gasteiger partial charge in [-0.05, 0) is 35.4 Å². The smallest absolute Gasteiger partial charge is 0.238 e. The van der Waals surface area contributed by atoms with Gasteiger partial charge >= 0.3 is 0 Å². The van der Waals surface area contributed by atoms with Gasteiger partial charge in [0.05, 0.1) is 23.9 Å². The van der Waals surface area contributed by atoms with Gasteiger partial charge in [0.15, 0.2) is 0 Å². The van der Waals surface area contributed by atoms with Gasteiger partial charge in [-0.3, -0.25) is 14.6 Å². The predicted octanol–water partition coefficient (Wildman–Crippen LogP) is 3.68. The van der Waals surface area contributed by atoms with Gasteiger partial charge in [0, 0.05) is 44.2 Å². The third-order valence-corrected chi connectivity index (χ3v) is 5.75. The van der Waals surface area contributed by atoms with Gasteiger partial charge in [-0.2, -0.15) is 0 Å². The first kappa shape index (κ1) is 19.5. The van der Waals surface area contributed by atoms with E-state index < -0.39 is 0 Å². The molecule has 0 aromatic heterocycles. The Morgan fingerprint density at radius 1 is 1.04 bits per heavy atom. The third kappa shape index (κ3) is 4.78. The summed E-state index contributed by atoms with van der Waals surface area (Å²) in [5, 5.41) is 3.86. The van der Waals surface area contributed by atoms with Gasteiger partial charge in [0.25, 0.3) is 0 Å². The summed E-state index contributed by atoms with van der Waals surface area (Å²) < 4.78 is 5.58. The van der Waals surface area contributed by atoms with Crippen LogP contribution in [0.1, 0.15) is 11.1 Å². The Morgan fingerprint density at radius 3 is 2.61 bits per heavy atom. The lowest BCUT2D eigenvalue weighted by molar-refractivity contribution is -0.117. The van der Waals surface area contributed by atoms with Gasteiger partial charge in [-0.25, -0.2) is 0 Å². The fourth-order valence-electron chi connectivity index (χ4n) is 3.69. The van der Waals surface area contributed by atoms with E-state index in [1.54, 1.807) is 18.2 Å². The zero-order chi connectivity index (χ0) is 19.5. The number of rotatable bonds is 5. The molecule has 28 heavy (non-hydrogen) atoms. The molecule has 0 radical (unpaired) electrons. The second-order valence-corrected chi connectivity index (χ2v) is 8.11. The predicted molar refractivity (Wildman–Crippen MR) is 112 cm³/mol. The molecule has 0 unspecified atom stereocenters. The van der Waals surface area contributed by atoms with Crippen molar-refractivity contribution in [3.8, 4) is 5.75 Å². The first-order valence-electron chi connectivity index (χ1n) is 9.51. The molecule has 1 amide bonds. The van der Waals surface area contributed by atoms with E-state index in [4.69, 9.17) is 27.9 Å². The second-order valence-electron chi connectivity index (χ2n) is 7.27. The zero-order valence-electron chi connectivity index (χ0n) is 15.6. The lowest BCUT2D eigenvalue weighted by atomic mass is 10.1. The maximum atomic E-state index is 12.3. The number of carbonyl (C=O) groups excluding carboxylic acids is 1. The first-order chi connectivity index (χ1) is 13.6. The van der Waals surface area contributed by atoms with Gasteiger partial charge in [0.1, 0.15) is 5.75 Å². The summed E-state index contributed by atoms with van der Waals surface area (Å²) in [5.41, 5.74) is 3.23. The lowest BCUT2D eigenvalue weighted by Gasteiger charge is -2.34. The standard InChI is InChI=1S/C21H23Cl2N3O2/c22-17-2-3-19(18(23)12-17)24-21(27)14-26-8-6-25(7-9-26)13-15-1-4-20-16(11-15)5-10-28-20/h1-4,11-12H,5-10,13-14H2,(H,24,27). The van der Waals surface area contributed by atoms with E-state index in [-0.39, 0.29) is 5.91 Å². The van der Waals surface area contributed by atoms with E-state index in [1.165, 1.54) is 11.1 Å². The number of nitrogens with one attached hydrogen (secondary N) is 1. The number of carbonyl (C=O) groups is 1. The van der Waals surface area contributed by atoms with Crippen LogP contribution in [0, 0.1) is 0 Å². The molecule has 0 aliphatic carbocycles. The zero-order valence-corrected chi connectivity index (χ0v) is 17.1. The molecule has 1 fully saturated rings. The molecule has 2 aliphatic heterocycles. The molecule has 148 valence electrons. The van der Waals surface area contributed by atoms with Crippen LogP contribution in [0.5, 0.6) is 5.75 Å². The Balaban J connectivity index is 1.24. The fourth-order valence-corrected chi connectivity index (χ4v) is 4.14. The monoisotopic (exact) mass is 419 g/mol. The van der Waals surface area contributed by atoms with Crippen molar-refractivity contribution >= 4 is 34.8 Å². The number of amides is 1. The van der Waals surface area contributed by atoms with E-state index >= 15 is 0 Å². The van der Waals surface area contributed by atoms with Crippen molar-refractivity contribution in [2.45, 2.75) is 13.0 Å². The summed E-state index contributed by atoms with van der Waals surface area (Å²) in [6.07, 6.45) is 1.00. The highest BCUT2D eigenvalue weighted by Crippen LogP contribution is 2.27. The summed E-state index contributed by atoms with van der Waals surface area (Å²) in [4.78, 5) is 16.9. The van der Waals surface area contributed by atoms with E-state index in [0.29, 0.717) is 22.3 Å². The Bertz CT molecular complexity index is 867. The van der Waals surface area contributed by atoms with Crippen LogP contribution in [-0.2, 0) is 17.8 Å². The van der Waals surface area contributed by atoms with Gasteiger partial charge in [-0.15, -0.1) is 0 Å². The molecule has 2 aromatic rings. The van der Waals surface area contributed by atoms with E-state index in [1.807, 2.05) is 0 Å². The molecule has 0 atom stereocenters. The summed E-state index contributed by atoms with van der Waals surface area (Å²) in [5.74, 6) is 0.969. The van der Waals surface area contributed by atoms with Crippen molar-refractivity contribution in [1.29, 1.82) is 0 Å². The minimum atomic E-state index is -0.0590. The molecule has 1 N–H and O–H groups in total. The van der Waals surface area contributed by atoms with Crippen molar-refractivity contribution in [3.63, 3.8) is 0 Å². The quantitative estimate of drug-likeness (QED) is 0.802. The van der Waals surface area contributed by atoms with Crippen LogP contribution >= 0.6 is 23.2 Å². The summed E-state index contributed by atoms with van der Waals surface area (Å²) in [6, 6.07) is 11.6. The average molecular weight is 420 g/mol. The highest BCUT2D eigenvalue weighted by molar-refractivity contribution is 6.36. The largest absolute Gasteiger partial charge is 0.493 e. The number of hydrogen-bond acceptors (Lipinski definition) is 4. The maximum Gasteiger partial charge on any atom is 0.238 e. The Labute approximate surface area is 175 Å². The van der Waals surface area contributed by atoms with Crippen molar-refractivity contribution in [2.75, 3.05) is 44.6 Å². The maximum absolute atomic E-state index is 12.3. The number of piperazine rings is 1. The topological polar surface area (TPSA) is 44.8 Å². The summed E-state index contributed by atoms with van der Waals surface area (Å²) in [7, 11) is 0. The molecule has 1 saturated heterocycles. The number of nitrogens with zero attached hydrogens (tertiary/aromatic N) is 2. The summed E-state index contributed by atoms with van der Waals surface area (Å²) >= 11 is 12.0. The lowest BCUT2D eigenvalue weighted by Crippen LogP contribution is -2.48. The van der Waals surface area contributed by atoms with Crippen LogP contribution in [0.25, 0.3) is 0 Å². The molecule has 0 spiro atoms. The van der Waals surface area contributed by atoms with Gasteiger partial charge < -0.3 is 10.1 Å². The second kappa shape index (κ2) is 8.70. The SMILES string of the molecule is O=C(CN1CCN(Cc2ccc3c(c2)CCO3)CC1)Nc1ccc(Cl)cc1Cl. The van der Waals surface area contributed by atoms with E-state index in [9.17, 15) is 4.79 Å². The number of hydrogen-bond donors (Lipinski definition) is 1. The fraction of sp³-hybridized carbons (Fsp3) is 0.381. The van der Waals surface area contributed by atoms with Crippen LogP contribution in [0.15, 0.2) is 36.4 Å². The van der Waals surface area contributed by atoms with Crippen molar-refractivity contribution in [3.05, 3.63) is 57.6 Å². The number of ether oxygens (including phenoxy) is 1. The molecule has 7 heteroatoms. The van der Waals surface area contributed by atoms with Crippen molar-refractivity contribution in [1.82, 2.24) is 9.80 Å². The van der Waals surface area contributed by atoms with Crippen LogP contribution in [0.3, 0.4) is 0 Å². The number of benzene rings is 2. The van der Waals surface area contributed by atoms with Crippen molar-refractivity contribution < 1.29 is 9.53 Å². The van der Waals surface area contributed by atoms with Gasteiger partial charge in [0.2, 0.25) is 5.91 Å². The minimum Gasteiger partial charge on any atom is -0.493 e. The normalized spacial score (nSPS) is 17.2. The molecular weight excluding hydrogens is 397 g/mol. The summed E-state index contributed by atoms with van der Waals surface area (Å²) in [6.45, 7) is 5.73. The number of fused-ring (bicyclic) bond motifs is 1. The molecule has 5 nitrogen and oxygen atoms in total. The molecule has 0 saturated carbocycles. The Hall–Kier alpha value is -1.79. The van der Waals surface area contributed by atoms with Gasteiger partial charge in [-0.1, -0.05) is 35.3 Å². The first-order valence-corrected chi connectivity index (χ1v) is 10.3.